The van der Waals surface area contributed by atoms with Crippen LogP contribution in [-0.2, 0) is 4.74 Å². The second-order valence-corrected chi connectivity index (χ2v) is 6.87. The first-order valence-corrected chi connectivity index (χ1v) is 9.16. The molecule has 0 radical (unpaired) electrons. The standard InChI is InChI=1S/C20H23FN4O3/c1-13(2)28-19(26)17-4-3-10-22-18(17)25-11-9-16(12-25)24-20(27)23-15-7-5-14(21)6-8-15/h3-8,10,13,16H,9,11-12H2,1-2H3,(H2,23,24,27). The van der Waals surface area contributed by atoms with Crippen molar-refractivity contribution in [2.24, 2.45) is 0 Å². The third-order valence-corrected chi connectivity index (χ3v) is 4.27. The van der Waals surface area contributed by atoms with Crippen LogP contribution in [0.4, 0.5) is 20.7 Å². The van der Waals surface area contributed by atoms with E-state index in [1.54, 1.807) is 32.2 Å². The maximum Gasteiger partial charge on any atom is 0.342 e. The number of carbonyl (C=O) groups excluding carboxylic acids is 2. The van der Waals surface area contributed by atoms with E-state index in [1.165, 1.54) is 24.3 Å². The average Bonchev–Trinajstić information content (AvgIpc) is 3.11. The number of pyridine rings is 1. The van der Waals surface area contributed by atoms with Gasteiger partial charge in [-0.1, -0.05) is 0 Å². The number of carbonyl (C=O) groups is 2. The number of ether oxygens (including phenoxy) is 1. The molecule has 1 aliphatic rings. The number of esters is 1. The number of nitrogens with one attached hydrogen (secondary N) is 2. The van der Waals surface area contributed by atoms with Crippen LogP contribution >= 0.6 is 0 Å². The number of benzene rings is 1. The average molecular weight is 386 g/mol. The molecule has 1 atom stereocenters. The van der Waals surface area contributed by atoms with Crippen LogP contribution in [0.25, 0.3) is 0 Å². The summed E-state index contributed by atoms with van der Waals surface area (Å²) in [6, 6.07) is 8.48. The molecule has 0 spiro atoms. The van der Waals surface area contributed by atoms with Crippen molar-refractivity contribution in [2.75, 3.05) is 23.3 Å². The molecule has 28 heavy (non-hydrogen) atoms. The number of aromatic nitrogens is 1. The molecule has 7 nitrogen and oxygen atoms in total. The van der Waals surface area contributed by atoms with Gasteiger partial charge in [-0.3, -0.25) is 0 Å². The molecule has 1 aromatic heterocycles. The van der Waals surface area contributed by atoms with Crippen LogP contribution in [0.1, 0.15) is 30.6 Å². The molecule has 1 aromatic carbocycles. The molecule has 3 rings (SSSR count). The van der Waals surface area contributed by atoms with Gasteiger partial charge in [0.15, 0.2) is 0 Å². The molecular weight excluding hydrogens is 363 g/mol. The van der Waals surface area contributed by atoms with Crippen molar-refractivity contribution in [3.63, 3.8) is 0 Å². The quantitative estimate of drug-likeness (QED) is 0.771. The van der Waals surface area contributed by atoms with Crippen molar-refractivity contribution in [3.05, 3.63) is 54.0 Å². The highest BCUT2D eigenvalue weighted by atomic mass is 19.1. The van der Waals surface area contributed by atoms with Crippen LogP contribution in [0.3, 0.4) is 0 Å². The van der Waals surface area contributed by atoms with Crippen molar-refractivity contribution in [1.82, 2.24) is 10.3 Å². The number of hydrogen-bond donors (Lipinski definition) is 2. The van der Waals surface area contributed by atoms with Gasteiger partial charge >= 0.3 is 12.0 Å². The molecule has 1 unspecified atom stereocenters. The summed E-state index contributed by atoms with van der Waals surface area (Å²) in [6.07, 6.45) is 2.12. The summed E-state index contributed by atoms with van der Waals surface area (Å²) in [4.78, 5) is 30.8. The topological polar surface area (TPSA) is 83.6 Å². The lowest BCUT2D eigenvalue weighted by atomic mass is 10.2. The minimum absolute atomic E-state index is 0.101. The zero-order valence-corrected chi connectivity index (χ0v) is 15.8. The molecule has 2 amide bonds. The van der Waals surface area contributed by atoms with Crippen LogP contribution < -0.4 is 15.5 Å². The summed E-state index contributed by atoms with van der Waals surface area (Å²) in [5, 5.41) is 5.57. The first-order chi connectivity index (χ1) is 13.4. The zero-order chi connectivity index (χ0) is 20.1. The fourth-order valence-corrected chi connectivity index (χ4v) is 3.04. The third kappa shape index (κ3) is 4.97. The highest BCUT2D eigenvalue weighted by Gasteiger charge is 2.28. The number of urea groups is 1. The lowest BCUT2D eigenvalue weighted by molar-refractivity contribution is 0.0378. The molecule has 0 saturated carbocycles. The first-order valence-electron chi connectivity index (χ1n) is 9.16. The number of amides is 2. The van der Waals surface area contributed by atoms with Gasteiger partial charge in [0.25, 0.3) is 0 Å². The molecule has 2 heterocycles. The summed E-state index contributed by atoms with van der Waals surface area (Å²) < 4.78 is 18.2. The normalized spacial score (nSPS) is 16.1. The van der Waals surface area contributed by atoms with Gasteiger partial charge in [0.05, 0.1) is 6.10 Å². The molecule has 2 N–H and O–H groups in total. The third-order valence-electron chi connectivity index (χ3n) is 4.27. The fourth-order valence-electron chi connectivity index (χ4n) is 3.04. The van der Waals surface area contributed by atoms with Crippen LogP contribution in [0.5, 0.6) is 0 Å². The van der Waals surface area contributed by atoms with Gasteiger partial charge in [0.2, 0.25) is 0 Å². The van der Waals surface area contributed by atoms with Crippen molar-refractivity contribution in [2.45, 2.75) is 32.4 Å². The molecule has 0 aliphatic carbocycles. The van der Waals surface area contributed by atoms with Gasteiger partial charge in [0, 0.05) is 31.0 Å². The van der Waals surface area contributed by atoms with Crippen LogP contribution in [0.2, 0.25) is 0 Å². The van der Waals surface area contributed by atoms with Gasteiger partial charge in [-0.25, -0.2) is 19.0 Å². The first kappa shape index (κ1) is 19.6. The van der Waals surface area contributed by atoms with E-state index in [0.29, 0.717) is 36.6 Å². The van der Waals surface area contributed by atoms with E-state index in [-0.39, 0.29) is 24.0 Å². The van der Waals surface area contributed by atoms with Crippen LogP contribution in [0.15, 0.2) is 42.6 Å². The van der Waals surface area contributed by atoms with E-state index in [1.807, 2.05) is 4.90 Å². The number of hydrogen-bond acceptors (Lipinski definition) is 5. The van der Waals surface area contributed by atoms with Crippen LogP contribution in [0, 0.1) is 5.82 Å². The molecule has 1 fully saturated rings. The van der Waals surface area contributed by atoms with Gasteiger partial charge < -0.3 is 20.3 Å². The molecule has 148 valence electrons. The Bertz CT molecular complexity index is 842. The van der Waals surface area contributed by atoms with E-state index in [2.05, 4.69) is 15.6 Å². The second kappa shape index (κ2) is 8.69. The van der Waals surface area contributed by atoms with Crippen LogP contribution in [-0.4, -0.2) is 42.2 Å². The zero-order valence-electron chi connectivity index (χ0n) is 15.8. The lowest BCUT2D eigenvalue weighted by Crippen LogP contribution is -2.40. The van der Waals surface area contributed by atoms with E-state index >= 15 is 0 Å². The van der Waals surface area contributed by atoms with Crippen molar-refractivity contribution >= 4 is 23.5 Å². The second-order valence-electron chi connectivity index (χ2n) is 6.87. The van der Waals surface area contributed by atoms with E-state index in [9.17, 15) is 14.0 Å². The molecule has 1 aliphatic heterocycles. The number of nitrogens with zero attached hydrogens (tertiary/aromatic N) is 2. The minimum Gasteiger partial charge on any atom is -0.459 e. The molecule has 8 heteroatoms. The summed E-state index contributed by atoms with van der Waals surface area (Å²) in [5.74, 6) is -0.223. The predicted octanol–water partition coefficient (Wildman–Crippen LogP) is 3.19. The van der Waals surface area contributed by atoms with Crippen molar-refractivity contribution in [3.8, 4) is 0 Å². The molecule has 2 aromatic rings. The van der Waals surface area contributed by atoms with E-state index in [0.717, 1.165) is 0 Å². The lowest BCUT2D eigenvalue weighted by Gasteiger charge is -2.21. The monoisotopic (exact) mass is 386 g/mol. The summed E-state index contributed by atoms with van der Waals surface area (Å²) in [6.45, 7) is 4.77. The number of rotatable bonds is 5. The summed E-state index contributed by atoms with van der Waals surface area (Å²) >= 11 is 0. The Morgan fingerprint density at radius 3 is 2.71 bits per heavy atom. The smallest absolute Gasteiger partial charge is 0.342 e. The Balaban J connectivity index is 1.60. The highest BCUT2D eigenvalue weighted by Crippen LogP contribution is 2.23. The van der Waals surface area contributed by atoms with E-state index < -0.39 is 5.97 Å². The van der Waals surface area contributed by atoms with Gasteiger partial charge in [-0.2, -0.15) is 0 Å². The Labute approximate surface area is 162 Å². The number of halogens is 1. The largest absolute Gasteiger partial charge is 0.459 e. The van der Waals surface area contributed by atoms with Gasteiger partial charge in [0.1, 0.15) is 17.2 Å². The molecule has 0 bridgehead atoms. The van der Waals surface area contributed by atoms with E-state index in [4.69, 9.17) is 4.74 Å². The Morgan fingerprint density at radius 2 is 2.00 bits per heavy atom. The molecule has 1 saturated heterocycles. The minimum atomic E-state index is -0.413. The Hall–Kier alpha value is -3.16. The molecular formula is C20H23FN4O3. The SMILES string of the molecule is CC(C)OC(=O)c1cccnc1N1CCC(NC(=O)Nc2ccc(F)cc2)C1. The number of anilines is 2. The maximum atomic E-state index is 12.9. The predicted molar refractivity (Wildman–Crippen MR) is 104 cm³/mol. The maximum absolute atomic E-state index is 12.9. The highest BCUT2D eigenvalue weighted by molar-refractivity contribution is 5.95. The van der Waals surface area contributed by atoms with Crippen molar-refractivity contribution in [1.29, 1.82) is 0 Å². The summed E-state index contributed by atoms with van der Waals surface area (Å²) in [5.41, 5.74) is 0.921. The summed E-state index contributed by atoms with van der Waals surface area (Å²) in [7, 11) is 0. The van der Waals surface area contributed by atoms with Crippen molar-refractivity contribution < 1.29 is 18.7 Å². The van der Waals surface area contributed by atoms with Gasteiger partial charge in [-0.15, -0.1) is 0 Å². The Kier molecular flexibility index (Phi) is 6.08. The van der Waals surface area contributed by atoms with Gasteiger partial charge in [-0.05, 0) is 56.7 Å². The fraction of sp³-hybridized carbons (Fsp3) is 0.350. The Morgan fingerprint density at radius 1 is 1.25 bits per heavy atom.